The summed E-state index contributed by atoms with van der Waals surface area (Å²) < 4.78 is 35.8. The van der Waals surface area contributed by atoms with Crippen molar-refractivity contribution in [1.82, 2.24) is 34.7 Å². The summed E-state index contributed by atoms with van der Waals surface area (Å²) in [6, 6.07) is 17.0. The fourth-order valence-corrected chi connectivity index (χ4v) is 3.73. The van der Waals surface area contributed by atoms with E-state index in [9.17, 15) is 14.0 Å². The van der Waals surface area contributed by atoms with Crippen molar-refractivity contribution in [3.63, 3.8) is 0 Å². The molecule has 0 spiro atoms. The number of ether oxygens (including phenoxy) is 1. The normalized spacial score (nSPS) is 12.1. The van der Waals surface area contributed by atoms with Gasteiger partial charge in [-0.25, -0.2) is 23.4 Å². The molecular weight excluding hydrogens is 454 g/mol. The van der Waals surface area contributed by atoms with Crippen LogP contribution < -0.4 is 4.74 Å². The number of tetrazole rings is 1. The molecule has 0 saturated carbocycles. The van der Waals surface area contributed by atoms with Crippen LogP contribution in [0.15, 0.2) is 67.3 Å². The summed E-state index contributed by atoms with van der Waals surface area (Å²) in [5.74, 6) is 0.648. The van der Waals surface area contributed by atoms with E-state index in [0.29, 0.717) is 34.8 Å². The quantitative estimate of drug-likeness (QED) is 0.347. The lowest BCUT2D eigenvalue weighted by atomic mass is 10.1. The number of imidazole rings is 1. The summed E-state index contributed by atoms with van der Waals surface area (Å²) in [6.45, 7) is 2.40. The SMILES string of the molecule is CC(Cn1cnnn1)Oc1cccc(-c2ccc3ncn(-c4cc(C(F)F)ccc4C#N)c3n2)c1. The number of fused-ring (bicyclic) bond motifs is 1. The van der Waals surface area contributed by atoms with Gasteiger partial charge in [0.15, 0.2) is 5.65 Å². The minimum Gasteiger partial charge on any atom is -0.489 e. The van der Waals surface area contributed by atoms with Crippen molar-refractivity contribution < 1.29 is 13.5 Å². The van der Waals surface area contributed by atoms with Gasteiger partial charge in [0, 0.05) is 11.1 Å². The highest BCUT2D eigenvalue weighted by molar-refractivity contribution is 5.78. The molecule has 1 atom stereocenters. The lowest BCUT2D eigenvalue weighted by Crippen LogP contribution is -2.20. The van der Waals surface area contributed by atoms with Crippen LogP contribution in [0.25, 0.3) is 28.1 Å². The molecule has 174 valence electrons. The van der Waals surface area contributed by atoms with Crippen molar-refractivity contribution in [2.24, 2.45) is 0 Å². The molecule has 3 aromatic heterocycles. The second-order valence-electron chi connectivity index (χ2n) is 7.83. The van der Waals surface area contributed by atoms with E-state index in [0.717, 1.165) is 5.56 Å². The van der Waals surface area contributed by atoms with Crippen LogP contribution in [0.2, 0.25) is 0 Å². The molecule has 35 heavy (non-hydrogen) atoms. The van der Waals surface area contributed by atoms with Gasteiger partial charge >= 0.3 is 0 Å². The van der Waals surface area contributed by atoms with Gasteiger partial charge in [-0.05, 0) is 53.7 Å². The Morgan fingerprint density at radius 2 is 1.97 bits per heavy atom. The number of benzene rings is 2. The van der Waals surface area contributed by atoms with E-state index in [1.54, 1.807) is 15.3 Å². The molecular formula is C24H18F2N8O. The highest BCUT2D eigenvalue weighted by atomic mass is 19.3. The van der Waals surface area contributed by atoms with Gasteiger partial charge in [-0.2, -0.15) is 5.26 Å². The molecule has 5 aromatic rings. The Kier molecular flexibility index (Phi) is 5.85. The van der Waals surface area contributed by atoms with Gasteiger partial charge in [0.1, 0.15) is 36.1 Å². The van der Waals surface area contributed by atoms with Crippen molar-refractivity contribution >= 4 is 11.2 Å². The minimum absolute atomic E-state index is 0.183. The fraction of sp³-hybridized carbons (Fsp3) is 0.167. The van der Waals surface area contributed by atoms with E-state index < -0.39 is 6.43 Å². The summed E-state index contributed by atoms with van der Waals surface area (Å²) in [5, 5.41) is 20.6. The average molecular weight is 472 g/mol. The van der Waals surface area contributed by atoms with Crippen LogP contribution in [0.5, 0.6) is 5.75 Å². The number of nitrogens with zero attached hydrogens (tertiary/aromatic N) is 8. The molecule has 0 bridgehead atoms. The Balaban J connectivity index is 1.49. The van der Waals surface area contributed by atoms with E-state index in [1.165, 1.54) is 30.9 Å². The van der Waals surface area contributed by atoms with Gasteiger partial charge in [-0.15, -0.1) is 5.10 Å². The molecule has 11 heteroatoms. The largest absolute Gasteiger partial charge is 0.489 e. The Bertz CT molecular complexity index is 1520. The zero-order chi connectivity index (χ0) is 24.4. The maximum atomic E-state index is 13.3. The zero-order valence-corrected chi connectivity index (χ0v) is 18.5. The first-order chi connectivity index (χ1) is 17.0. The van der Waals surface area contributed by atoms with Crippen LogP contribution in [-0.2, 0) is 6.54 Å². The second-order valence-corrected chi connectivity index (χ2v) is 7.83. The molecule has 5 rings (SSSR count). The van der Waals surface area contributed by atoms with Crippen LogP contribution >= 0.6 is 0 Å². The Morgan fingerprint density at radius 1 is 1.09 bits per heavy atom. The number of nitriles is 1. The molecule has 3 heterocycles. The number of rotatable bonds is 7. The second kappa shape index (κ2) is 9.26. The van der Waals surface area contributed by atoms with Gasteiger partial charge in [0.05, 0.1) is 23.5 Å². The smallest absolute Gasteiger partial charge is 0.263 e. The maximum Gasteiger partial charge on any atom is 0.263 e. The summed E-state index contributed by atoms with van der Waals surface area (Å²) >= 11 is 0. The lowest BCUT2D eigenvalue weighted by Gasteiger charge is -2.15. The monoisotopic (exact) mass is 472 g/mol. The Morgan fingerprint density at radius 3 is 2.74 bits per heavy atom. The third kappa shape index (κ3) is 4.54. The predicted octanol–water partition coefficient (Wildman–Crippen LogP) is 4.35. The van der Waals surface area contributed by atoms with Crippen LogP contribution in [0.3, 0.4) is 0 Å². The van der Waals surface area contributed by atoms with Crippen LogP contribution in [-0.4, -0.2) is 40.8 Å². The van der Waals surface area contributed by atoms with E-state index in [2.05, 4.69) is 26.6 Å². The first kappa shape index (κ1) is 22.1. The molecule has 9 nitrogen and oxygen atoms in total. The Hall–Kier alpha value is -4.72. The Labute approximate surface area is 198 Å². The summed E-state index contributed by atoms with van der Waals surface area (Å²) in [5.41, 5.74) is 2.82. The van der Waals surface area contributed by atoms with E-state index in [4.69, 9.17) is 9.72 Å². The zero-order valence-electron chi connectivity index (χ0n) is 18.5. The molecule has 0 saturated heterocycles. The van der Waals surface area contributed by atoms with Crippen LogP contribution in [0.4, 0.5) is 8.78 Å². The standard InChI is InChI=1S/C24H18F2N8O/c1-15(12-33-14-29-31-32-33)35-19-4-2-3-16(9-19)20-7-8-21-24(30-20)34(13-28-21)22-10-17(23(25)26)5-6-18(22)11-27/h2-10,13-15,23H,12H2,1H3. The molecule has 0 amide bonds. The molecule has 0 aliphatic carbocycles. The predicted molar refractivity (Wildman–Crippen MR) is 122 cm³/mol. The number of hydrogen-bond donors (Lipinski definition) is 0. The van der Waals surface area contributed by atoms with Crippen LogP contribution in [0.1, 0.15) is 24.5 Å². The molecule has 2 aromatic carbocycles. The first-order valence-corrected chi connectivity index (χ1v) is 10.7. The third-order valence-electron chi connectivity index (χ3n) is 5.35. The lowest BCUT2D eigenvalue weighted by molar-refractivity contribution is 0.151. The molecule has 0 aliphatic heterocycles. The van der Waals surface area contributed by atoms with E-state index in [-0.39, 0.29) is 17.2 Å². The summed E-state index contributed by atoms with van der Waals surface area (Å²) in [7, 11) is 0. The number of halogens is 2. The van der Waals surface area contributed by atoms with Crippen molar-refractivity contribution in [2.75, 3.05) is 0 Å². The fourth-order valence-electron chi connectivity index (χ4n) is 3.73. The van der Waals surface area contributed by atoms with Crippen molar-refractivity contribution in [1.29, 1.82) is 5.26 Å². The molecule has 0 N–H and O–H groups in total. The summed E-state index contributed by atoms with van der Waals surface area (Å²) in [4.78, 5) is 9.06. The summed E-state index contributed by atoms with van der Waals surface area (Å²) in [6.07, 6.45) is 0.156. The van der Waals surface area contributed by atoms with Crippen molar-refractivity contribution in [3.05, 3.63) is 78.4 Å². The van der Waals surface area contributed by atoms with Gasteiger partial charge in [-0.1, -0.05) is 18.2 Å². The number of aromatic nitrogens is 7. The third-order valence-corrected chi connectivity index (χ3v) is 5.35. The highest BCUT2D eigenvalue weighted by Crippen LogP contribution is 2.28. The molecule has 0 aliphatic rings. The van der Waals surface area contributed by atoms with E-state index >= 15 is 0 Å². The number of alkyl halides is 2. The molecule has 0 radical (unpaired) electrons. The van der Waals surface area contributed by atoms with E-state index in [1.807, 2.05) is 37.3 Å². The molecule has 0 fully saturated rings. The number of pyridine rings is 1. The maximum absolute atomic E-state index is 13.3. The molecule has 1 unspecified atom stereocenters. The van der Waals surface area contributed by atoms with Gasteiger partial charge in [0.25, 0.3) is 6.43 Å². The van der Waals surface area contributed by atoms with Gasteiger partial charge < -0.3 is 4.74 Å². The first-order valence-electron chi connectivity index (χ1n) is 10.7. The van der Waals surface area contributed by atoms with Crippen molar-refractivity contribution in [2.45, 2.75) is 26.0 Å². The van der Waals surface area contributed by atoms with Gasteiger partial charge in [-0.3, -0.25) is 4.57 Å². The minimum atomic E-state index is -2.66. The van der Waals surface area contributed by atoms with Crippen molar-refractivity contribution in [3.8, 4) is 28.8 Å². The average Bonchev–Trinajstić information content (AvgIpc) is 3.53. The topological polar surface area (TPSA) is 107 Å². The van der Waals surface area contributed by atoms with Crippen LogP contribution in [0, 0.1) is 11.3 Å². The highest BCUT2D eigenvalue weighted by Gasteiger charge is 2.16. The van der Waals surface area contributed by atoms with Gasteiger partial charge in [0.2, 0.25) is 0 Å². The number of hydrogen-bond acceptors (Lipinski definition) is 7.